The molecule has 0 aromatic heterocycles. The van der Waals surface area contributed by atoms with Gasteiger partial charge >= 0.3 is 5.97 Å². The zero-order valence-corrected chi connectivity index (χ0v) is 17.0. The molecule has 3 nitrogen and oxygen atoms in total. The summed E-state index contributed by atoms with van der Waals surface area (Å²) in [5.74, 6) is 2.27. The summed E-state index contributed by atoms with van der Waals surface area (Å²) in [6.45, 7) is 9.65. The summed E-state index contributed by atoms with van der Waals surface area (Å²) in [4.78, 5) is 12.6. The Morgan fingerprint density at radius 3 is 2.50 bits per heavy atom. The Kier molecular flexibility index (Phi) is 8.47. The molecular formula is C23H36O3. The van der Waals surface area contributed by atoms with Crippen molar-refractivity contribution in [1.82, 2.24) is 0 Å². The Bertz CT molecular complexity index is 535. The van der Waals surface area contributed by atoms with Gasteiger partial charge < -0.3 is 9.47 Å². The zero-order chi connectivity index (χ0) is 18.9. The van der Waals surface area contributed by atoms with E-state index in [4.69, 9.17) is 9.47 Å². The molecule has 2 rings (SSSR count). The molecule has 146 valence electrons. The molecule has 3 heteroatoms. The van der Waals surface area contributed by atoms with Crippen molar-refractivity contribution in [2.75, 3.05) is 6.61 Å². The molecule has 0 heterocycles. The Morgan fingerprint density at radius 1 is 1.12 bits per heavy atom. The van der Waals surface area contributed by atoms with Crippen LogP contribution in [0, 0.1) is 17.8 Å². The third-order valence-electron chi connectivity index (χ3n) is 5.58. The topological polar surface area (TPSA) is 35.5 Å². The number of hydrogen-bond donors (Lipinski definition) is 0. The monoisotopic (exact) mass is 360 g/mol. The van der Waals surface area contributed by atoms with Crippen LogP contribution in [0.1, 0.15) is 83.0 Å². The second-order valence-electron chi connectivity index (χ2n) is 8.20. The van der Waals surface area contributed by atoms with Crippen LogP contribution in [0.5, 0.6) is 5.75 Å². The molecule has 0 bridgehead atoms. The minimum atomic E-state index is -0.204. The maximum atomic E-state index is 12.6. The maximum Gasteiger partial charge on any atom is 0.338 e. The van der Waals surface area contributed by atoms with E-state index in [2.05, 4.69) is 27.7 Å². The third-order valence-corrected chi connectivity index (χ3v) is 5.58. The molecular weight excluding hydrogens is 324 g/mol. The highest BCUT2D eigenvalue weighted by molar-refractivity contribution is 5.89. The third kappa shape index (κ3) is 6.34. The Balaban J connectivity index is 1.86. The highest BCUT2D eigenvalue weighted by Crippen LogP contribution is 2.35. The van der Waals surface area contributed by atoms with Gasteiger partial charge in [0.05, 0.1) is 12.2 Å². The van der Waals surface area contributed by atoms with Crippen LogP contribution in [0.25, 0.3) is 0 Å². The van der Waals surface area contributed by atoms with Gasteiger partial charge in [0.1, 0.15) is 11.9 Å². The van der Waals surface area contributed by atoms with E-state index in [1.165, 1.54) is 25.7 Å². The van der Waals surface area contributed by atoms with Gasteiger partial charge in [-0.3, -0.25) is 0 Å². The van der Waals surface area contributed by atoms with Crippen LogP contribution in [0.3, 0.4) is 0 Å². The number of carbonyl (C=O) groups is 1. The molecule has 26 heavy (non-hydrogen) atoms. The van der Waals surface area contributed by atoms with E-state index in [-0.39, 0.29) is 12.1 Å². The van der Waals surface area contributed by atoms with E-state index in [0.717, 1.165) is 31.6 Å². The van der Waals surface area contributed by atoms with Crippen LogP contribution in [-0.2, 0) is 4.74 Å². The number of carbonyl (C=O) groups excluding carboxylic acids is 1. The Hall–Kier alpha value is -1.51. The first-order valence-corrected chi connectivity index (χ1v) is 10.4. The summed E-state index contributed by atoms with van der Waals surface area (Å²) in [7, 11) is 0. The normalized spacial score (nSPS) is 23.0. The first-order chi connectivity index (χ1) is 12.5. The molecule has 0 amide bonds. The van der Waals surface area contributed by atoms with E-state index >= 15 is 0 Å². The molecule has 0 saturated heterocycles. The van der Waals surface area contributed by atoms with Crippen LogP contribution in [-0.4, -0.2) is 18.7 Å². The predicted octanol–water partition coefficient (Wildman–Crippen LogP) is 6.26. The van der Waals surface area contributed by atoms with Gasteiger partial charge in [-0.15, -0.1) is 0 Å². The minimum absolute atomic E-state index is 0.0424. The van der Waals surface area contributed by atoms with Crippen molar-refractivity contribution in [3.05, 3.63) is 29.8 Å². The van der Waals surface area contributed by atoms with Gasteiger partial charge in [-0.25, -0.2) is 4.79 Å². The SMILES string of the molecule is CCCCCCOc1ccc(C(=O)OC2CC(C)CCC2C(C)C)cc1. The first-order valence-electron chi connectivity index (χ1n) is 10.4. The summed E-state index contributed by atoms with van der Waals surface area (Å²) in [5.41, 5.74) is 0.615. The lowest BCUT2D eigenvalue weighted by Gasteiger charge is -2.36. The molecule has 0 aliphatic heterocycles. The number of hydrogen-bond acceptors (Lipinski definition) is 3. The fourth-order valence-electron chi connectivity index (χ4n) is 3.86. The molecule has 3 atom stereocenters. The van der Waals surface area contributed by atoms with Crippen molar-refractivity contribution in [2.24, 2.45) is 17.8 Å². The zero-order valence-electron chi connectivity index (χ0n) is 17.0. The number of benzene rings is 1. The van der Waals surface area contributed by atoms with Gasteiger partial charge in [0.2, 0.25) is 0 Å². The van der Waals surface area contributed by atoms with Crippen molar-refractivity contribution in [3.63, 3.8) is 0 Å². The number of esters is 1. The van der Waals surface area contributed by atoms with Crippen molar-refractivity contribution in [1.29, 1.82) is 0 Å². The van der Waals surface area contributed by atoms with Gasteiger partial charge in [0, 0.05) is 0 Å². The van der Waals surface area contributed by atoms with E-state index < -0.39 is 0 Å². The smallest absolute Gasteiger partial charge is 0.338 e. The molecule has 1 aromatic carbocycles. The van der Waals surface area contributed by atoms with Crippen molar-refractivity contribution < 1.29 is 14.3 Å². The summed E-state index contributed by atoms with van der Waals surface area (Å²) in [6.07, 6.45) is 8.18. The standard InChI is InChI=1S/C23H36O3/c1-5-6-7-8-15-25-20-12-10-19(11-13-20)23(24)26-22-16-18(4)9-14-21(22)17(2)3/h10-13,17-18,21-22H,5-9,14-16H2,1-4H3. The van der Waals surface area contributed by atoms with Crippen molar-refractivity contribution >= 4 is 5.97 Å². The van der Waals surface area contributed by atoms with Crippen LogP contribution < -0.4 is 4.74 Å². The van der Waals surface area contributed by atoms with Crippen molar-refractivity contribution in [2.45, 2.75) is 78.7 Å². The van der Waals surface area contributed by atoms with Crippen LogP contribution in [0.15, 0.2) is 24.3 Å². The number of rotatable bonds is 9. The quantitative estimate of drug-likeness (QED) is 0.385. The lowest BCUT2D eigenvalue weighted by molar-refractivity contribution is -0.0174. The van der Waals surface area contributed by atoms with Gasteiger partial charge in [-0.2, -0.15) is 0 Å². The highest BCUT2D eigenvalue weighted by Gasteiger charge is 2.33. The number of unbranched alkanes of at least 4 members (excludes halogenated alkanes) is 3. The summed E-state index contributed by atoms with van der Waals surface area (Å²) in [5, 5.41) is 0. The molecule has 1 saturated carbocycles. The summed E-state index contributed by atoms with van der Waals surface area (Å²) < 4.78 is 11.7. The number of ether oxygens (including phenoxy) is 2. The lowest BCUT2D eigenvalue weighted by atomic mass is 9.75. The highest BCUT2D eigenvalue weighted by atomic mass is 16.5. The van der Waals surface area contributed by atoms with Crippen LogP contribution in [0.4, 0.5) is 0 Å². The fraction of sp³-hybridized carbons (Fsp3) is 0.696. The lowest BCUT2D eigenvalue weighted by Crippen LogP contribution is -2.35. The average molecular weight is 361 g/mol. The molecule has 1 aliphatic carbocycles. The maximum absolute atomic E-state index is 12.6. The van der Waals surface area contributed by atoms with E-state index in [1.807, 2.05) is 24.3 Å². The molecule has 0 N–H and O–H groups in total. The van der Waals surface area contributed by atoms with Crippen molar-refractivity contribution in [3.8, 4) is 5.75 Å². The summed E-state index contributed by atoms with van der Waals surface area (Å²) >= 11 is 0. The van der Waals surface area contributed by atoms with Crippen LogP contribution in [0.2, 0.25) is 0 Å². The molecule has 0 spiro atoms. The van der Waals surface area contributed by atoms with Gasteiger partial charge in [-0.1, -0.05) is 53.4 Å². The predicted molar refractivity (Wildman–Crippen MR) is 107 cm³/mol. The largest absolute Gasteiger partial charge is 0.494 e. The summed E-state index contributed by atoms with van der Waals surface area (Å²) in [6, 6.07) is 7.39. The molecule has 1 fully saturated rings. The second kappa shape index (κ2) is 10.6. The second-order valence-corrected chi connectivity index (χ2v) is 8.20. The molecule has 0 radical (unpaired) electrons. The molecule has 1 aliphatic rings. The van der Waals surface area contributed by atoms with E-state index in [1.54, 1.807) is 0 Å². The van der Waals surface area contributed by atoms with Gasteiger partial charge in [0.25, 0.3) is 0 Å². The van der Waals surface area contributed by atoms with Crippen LogP contribution >= 0.6 is 0 Å². The Labute approximate surface area is 159 Å². The molecule has 1 aromatic rings. The average Bonchev–Trinajstić information content (AvgIpc) is 2.62. The van der Waals surface area contributed by atoms with Gasteiger partial charge in [0.15, 0.2) is 0 Å². The van der Waals surface area contributed by atoms with E-state index in [0.29, 0.717) is 23.3 Å². The Morgan fingerprint density at radius 2 is 1.85 bits per heavy atom. The van der Waals surface area contributed by atoms with Gasteiger partial charge in [-0.05, 0) is 61.3 Å². The minimum Gasteiger partial charge on any atom is -0.494 e. The fourth-order valence-corrected chi connectivity index (χ4v) is 3.86. The van der Waals surface area contributed by atoms with E-state index in [9.17, 15) is 4.79 Å². The first kappa shape index (κ1) is 20.8. The molecule has 3 unspecified atom stereocenters.